The molecule has 1 aromatic heterocycles. The molecule has 0 fully saturated rings. The van der Waals surface area contributed by atoms with Crippen LogP contribution in [0.1, 0.15) is 17.2 Å². The van der Waals surface area contributed by atoms with Crippen LogP contribution in [0.4, 0.5) is 4.39 Å². The first kappa shape index (κ1) is 14.2. The van der Waals surface area contributed by atoms with Crippen molar-refractivity contribution >= 4 is 22.6 Å². The van der Waals surface area contributed by atoms with Crippen LogP contribution < -0.4 is 5.73 Å². The van der Waals surface area contributed by atoms with Gasteiger partial charge in [-0.25, -0.2) is 9.07 Å². The summed E-state index contributed by atoms with van der Waals surface area (Å²) in [6, 6.07) is 14.1. The predicted molar refractivity (Wildman–Crippen MR) is 88.7 cm³/mol. The molecule has 2 N–H and O–H groups in total. The first-order valence-electron chi connectivity index (χ1n) is 6.45. The number of para-hydroxylation sites is 1. The van der Waals surface area contributed by atoms with E-state index >= 15 is 0 Å². The van der Waals surface area contributed by atoms with E-state index in [-0.39, 0.29) is 11.9 Å². The van der Waals surface area contributed by atoms with Crippen molar-refractivity contribution in [1.82, 2.24) is 9.78 Å². The molecule has 3 aromatic rings. The predicted octanol–water partition coefficient (Wildman–Crippen LogP) is 3.66. The SMILES string of the molecule is NC(c1cnn(-c2ccccc2)c1)c1ccc(F)cc1I. The van der Waals surface area contributed by atoms with E-state index in [0.717, 1.165) is 20.4 Å². The lowest BCUT2D eigenvalue weighted by Gasteiger charge is -2.12. The van der Waals surface area contributed by atoms with Crippen LogP contribution in [-0.4, -0.2) is 9.78 Å². The Hall–Kier alpha value is -1.73. The molecule has 5 heteroatoms. The highest BCUT2D eigenvalue weighted by Crippen LogP contribution is 2.25. The number of nitrogens with two attached hydrogens (primary N) is 1. The van der Waals surface area contributed by atoms with Gasteiger partial charge in [0.1, 0.15) is 5.82 Å². The minimum absolute atomic E-state index is 0.254. The zero-order chi connectivity index (χ0) is 14.8. The fraction of sp³-hybridized carbons (Fsp3) is 0.0625. The van der Waals surface area contributed by atoms with Gasteiger partial charge in [-0.2, -0.15) is 5.10 Å². The van der Waals surface area contributed by atoms with Crippen LogP contribution in [0.5, 0.6) is 0 Å². The summed E-state index contributed by atoms with van der Waals surface area (Å²) in [6.07, 6.45) is 3.65. The number of nitrogens with zero attached hydrogens (tertiary/aromatic N) is 2. The molecule has 0 aliphatic heterocycles. The molecule has 1 unspecified atom stereocenters. The smallest absolute Gasteiger partial charge is 0.124 e. The van der Waals surface area contributed by atoms with E-state index in [2.05, 4.69) is 27.7 Å². The van der Waals surface area contributed by atoms with Crippen molar-refractivity contribution in [1.29, 1.82) is 0 Å². The fourth-order valence-electron chi connectivity index (χ4n) is 2.15. The van der Waals surface area contributed by atoms with Crippen LogP contribution in [-0.2, 0) is 0 Å². The summed E-state index contributed by atoms with van der Waals surface area (Å²) < 4.78 is 15.8. The summed E-state index contributed by atoms with van der Waals surface area (Å²) in [5.74, 6) is -0.254. The van der Waals surface area contributed by atoms with Gasteiger partial charge in [0.05, 0.1) is 17.9 Å². The lowest BCUT2D eigenvalue weighted by molar-refractivity contribution is 0.625. The van der Waals surface area contributed by atoms with E-state index < -0.39 is 0 Å². The number of benzene rings is 2. The highest BCUT2D eigenvalue weighted by Gasteiger charge is 2.15. The van der Waals surface area contributed by atoms with Crippen LogP contribution in [0.15, 0.2) is 60.9 Å². The van der Waals surface area contributed by atoms with Gasteiger partial charge in [-0.05, 0) is 52.4 Å². The number of hydrogen-bond donors (Lipinski definition) is 1. The Bertz CT molecular complexity index is 755. The third kappa shape index (κ3) is 2.98. The molecule has 0 saturated carbocycles. The van der Waals surface area contributed by atoms with E-state index in [9.17, 15) is 4.39 Å². The molecule has 0 saturated heterocycles. The first-order valence-corrected chi connectivity index (χ1v) is 7.53. The zero-order valence-corrected chi connectivity index (χ0v) is 13.2. The van der Waals surface area contributed by atoms with Crippen molar-refractivity contribution in [3.05, 3.63) is 81.4 Å². The molecule has 0 aliphatic rings. The Balaban J connectivity index is 1.92. The van der Waals surface area contributed by atoms with E-state index in [4.69, 9.17) is 5.73 Å². The van der Waals surface area contributed by atoms with Crippen molar-refractivity contribution < 1.29 is 4.39 Å². The summed E-state index contributed by atoms with van der Waals surface area (Å²) in [7, 11) is 0. The highest BCUT2D eigenvalue weighted by atomic mass is 127. The van der Waals surface area contributed by atoms with Crippen molar-refractivity contribution in [3.63, 3.8) is 0 Å². The number of aromatic nitrogens is 2. The summed E-state index contributed by atoms with van der Waals surface area (Å²) in [6.45, 7) is 0. The summed E-state index contributed by atoms with van der Waals surface area (Å²) in [4.78, 5) is 0. The van der Waals surface area contributed by atoms with Gasteiger partial charge in [0, 0.05) is 15.3 Å². The molecule has 0 aliphatic carbocycles. The maximum Gasteiger partial charge on any atom is 0.124 e. The monoisotopic (exact) mass is 393 g/mol. The standard InChI is InChI=1S/C16H13FIN3/c17-12-6-7-14(15(18)8-12)16(19)11-9-20-21(10-11)13-4-2-1-3-5-13/h1-10,16H,19H2. The Morgan fingerprint density at radius 1 is 1.14 bits per heavy atom. The molecule has 106 valence electrons. The van der Waals surface area contributed by atoms with Gasteiger partial charge in [-0.1, -0.05) is 24.3 Å². The molecular weight excluding hydrogens is 380 g/mol. The summed E-state index contributed by atoms with van der Waals surface area (Å²) in [5.41, 5.74) is 9.04. The van der Waals surface area contributed by atoms with Gasteiger partial charge >= 0.3 is 0 Å². The molecule has 1 heterocycles. The Morgan fingerprint density at radius 3 is 2.62 bits per heavy atom. The minimum atomic E-state index is -0.324. The van der Waals surface area contributed by atoms with Crippen molar-refractivity contribution in [2.24, 2.45) is 5.73 Å². The first-order chi connectivity index (χ1) is 10.1. The summed E-state index contributed by atoms with van der Waals surface area (Å²) in [5, 5.41) is 4.34. The zero-order valence-electron chi connectivity index (χ0n) is 11.1. The molecule has 0 bridgehead atoms. The summed E-state index contributed by atoms with van der Waals surface area (Å²) >= 11 is 2.10. The van der Waals surface area contributed by atoms with Crippen molar-refractivity contribution in [3.8, 4) is 5.69 Å². The molecule has 21 heavy (non-hydrogen) atoms. The topological polar surface area (TPSA) is 43.8 Å². The normalized spacial score (nSPS) is 12.3. The second kappa shape index (κ2) is 5.95. The van der Waals surface area contributed by atoms with E-state index in [1.54, 1.807) is 16.9 Å². The Morgan fingerprint density at radius 2 is 1.90 bits per heavy atom. The second-order valence-corrected chi connectivity index (χ2v) is 5.86. The lowest BCUT2D eigenvalue weighted by Crippen LogP contribution is -2.12. The van der Waals surface area contributed by atoms with Gasteiger partial charge in [0.2, 0.25) is 0 Å². The lowest BCUT2D eigenvalue weighted by atomic mass is 10.0. The van der Waals surface area contributed by atoms with Crippen LogP contribution in [0, 0.1) is 9.39 Å². The number of halogens is 2. The van der Waals surface area contributed by atoms with Crippen molar-refractivity contribution in [2.75, 3.05) is 0 Å². The third-order valence-corrected chi connectivity index (χ3v) is 4.21. The quantitative estimate of drug-likeness (QED) is 0.691. The third-order valence-electron chi connectivity index (χ3n) is 3.28. The van der Waals surface area contributed by atoms with E-state index in [0.29, 0.717) is 0 Å². The number of rotatable bonds is 3. The second-order valence-electron chi connectivity index (χ2n) is 4.70. The molecule has 0 amide bonds. The van der Waals surface area contributed by atoms with Crippen LogP contribution in [0.3, 0.4) is 0 Å². The largest absolute Gasteiger partial charge is 0.320 e. The van der Waals surface area contributed by atoms with Crippen LogP contribution >= 0.6 is 22.6 Å². The van der Waals surface area contributed by atoms with Crippen molar-refractivity contribution in [2.45, 2.75) is 6.04 Å². The van der Waals surface area contributed by atoms with Gasteiger partial charge in [-0.15, -0.1) is 0 Å². The van der Waals surface area contributed by atoms with Crippen LogP contribution in [0.25, 0.3) is 5.69 Å². The molecular formula is C16H13FIN3. The highest BCUT2D eigenvalue weighted by molar-refractivity contribution is 14.1. The van der Waals surface area contributed by atoms with Gasteiger partial charge in [0.25, 0.3) is 0 Å². The molecule has 0 spiro atoms. The number of hydrogen-bond acceptors (Lipinski definition) is 2. The Kier molecular flexibility index (Phi) is 4.03. The maximum absolute atomic E-state index is 13.2. The molecule has 1 atom stereocenters. The fourth-order valence-corrected chi connectivity index (χ4v) is 2.97. The average molecular weight is 393 g/mol. The molecule has 0 radical (unpaired) electrons. The van der Waals surface area contributed by atoms with E-state index in [1.165, 1.54) is 12.1 Å². The molecule has 3 rings (SSSR count). The minimum Gasteiger partial charge on any atom is -0.320 e. The molecule has 2 aromatic carbocycles. The van der Waals surface area contributed by atoms with Gasteiger partial charge in [-0.3, -0.25) is 0 Å². The maximum atomic E-state index is 13.2. The van der Waals surface area contributed by atoms with E-state index in [1.807, 2.05) is 36.5 Å². The average Bonchev–Trinajstić information content (AvgIpc) is 2.97. The van der Waals surface area contributed by atoms with Gasteiger partial charge in [0.15, 0.2) is 0 Å². The molecule has 3 nitrogen and oxygen atoms in total. The van der Waals surface area contributed by atoms with Gasteiger partial charge < -0.3 is 5.73 Å². The van der Waals surface area contributed by atoms with Crippen LogP contribution in [0.2, 0.25) is 0 Å². The Labute approximate surface area is 135 Å².